The predicted octanol–water partition coefficient (Wildman–Crippen LogP) is 0.653. The van der Waals surface area contributed by atoms with E-state index in [1.165, 1.54) is 0 Å². The van der Waals surface area contributed by atoms with Gasteiger partial charge in [-0.25, -0.2) is 0 Å². The van der Waals surface area contributed by atoms with Crippen molar-refractivity contribution in [2.24, 2.45) is 5.73 Å². The fourth-order valence-electron chi connectivity index (χ4n) is 0.784. The summed E-state index contributed by atoms with van der Waals surface area (Å²) in [5.41, 5.74) is 5.31. The van der Waals surface area contributed by atoms with Crippen LogP contribution in [0.25, 0.3) is 0 Å². The van der Waals surface area contributed by atoms with Gasteiger partial charge in [0.2, 0.25) is 0 Å². The number of hydrogen-bond acceptors (Lipinski definition) is 2. The first-order valence-electron chi connectivity index (χ1n) is 3.63. The molecule has 0 spiro atoms. The summed E-state index contributed by atoms with van der Waals surface area (Å²) in [4.78, 5) is 2.07. The van der Waals surface area contributed by atoms with E-state index < -0.39 is 0 Å². The third-order valence-corrected chi connectivity index (χ3v) is 1.69. The molecule has 0 rings (SSSR count). The van der Waals surface area contributed by atoms with E-state index in [0.29, 0.717) is 0 Å². The van der Waals surface area contributed by atoms with Crippen LogP contribution in [-0.2, 0) is 0 Å². The van der Waals surface area contributed by atoms with Crippen LogP contribution in [0, 0.1) is 5.41 Å². The zero-order valence-corrected chi connectivity index (χ0v) is 7.02. The van der Waals surface area contributed by atoms with Gasteiger partial charge in [-0.15, -0.1) is 0 Å². The molecule has 0 fully saturated rings. The molecule has 0 aliphatic carbocycles. The summed E-state index contributed by atoms with van der Waals surface area (Å²) in [6.45, 7) is 5.06. The Balaban J connectivity index is 3.69. The molecule has 0 radical (unpaired) electrons. The van der Waals surface area contributed by atoms with Gasteiger partial charge in [-0.1, -0.05) is 6.92 Å². The number of nitrogens with zero attached hydrogens (tertiary/aromatic N) is 1. The monoisotopic (exact) mass is 143 g/mol. The van der Waals surface area contributed by atoms with Crippen molar-refractivity contribution in [1.82, 2.24) is 4.90 Å². The fourth-order valence-corrected chi connectivity index (χ4v) is 0.784. The molecule has 0 saturated carbocycles. The standard InChI is InChI=1S/C7H17N3/c1-4-5-10(3)6(2)7(8)9/h6H,4-5H2,1-3H3,(H3,8,9). The van der Waals surface area contributed by atoms with E-state index in [9.17, 15) is 0 Å². The van der Waals surface area contributed by atoms with Crippen LogP contribution in [0.3, 0.4) is 0 Å². The summed E-state index contributed by atoms with van der Waals surface area (Å²) >= 11 is 0. The van der Waals surface area contributed by atoms with Gasteiger partial charge in [0.15, 0.2) is 0 Å². The maximum Gasteiger partial charge on any atom is 0.108 e. The summed E-state index contributed by atoms with van der Waals surface area (Å²) in [7, 11) is 1.98. The van der Waals surface area contributed by atoms with Gasteiger partial charge in [-0.05, 0) is 26.9 Å². The largest absolute Gasteiger partial charge is 0.386 e. The molecule has 60 valence electrons. The Morgan fingerprint density at radius 2 is 2.20 bits per heavy atom. The summed E-state index contributed by atoms with van der Waals surface area (Å²) in [6.07, 6.45) is 1.11. The molecule has 0 aliphatic heterocycles. The Kier molecular flexibility index (Phi) is 4.03. The van der Waals surface area contributed by atoms with E-state index >= 15 is 0 Å². The predicted molar refractivity (Wildman–Crippen MR) is 44.3 cm³/mol. The highest BCUT2D eigenvalue weighted by atomic mass is 15.1. The first kappa shape index (κ1) is 9.43. The molecule has 3 N–H and O–H groups in total. The average molecular weight is 143 g/mol. The molecule has 0 bridgehead atoms. The Hall–Kier alpha value is -0.570. The molecule has 0 aromatic heterocycles. The maximum atomic E-state index is 7.15. The van der Waals surface area contributed by atoms with Gasteiger partial charge in [0.1, 0.15) is 5.84 Å². The van der Waals surface area contributed by atoms with Crippen LogP contribution >= 0.6 is 0 Å². The van der Waals surface area contributed by atoms with Gasteiger partial charge in [0.25, 0.3) is 0 Å². The molecule has 1 atom stereocenters. The first-order chi connectivity index (χ1) is 4.59. The Morgan fingerprint density at radius 3 is 2.50 bits per heavy atom. The van der Waals surface area contributed by atoms with Gasteiger partial charge in [0.05, 0.1) is 6.04 Å². The van der Waals surface area contributed by atoms with Crippen molar-refractivity contribution < 1.29 is 0 Å². The minimum absolute atomic E-state index is 0.0833. The summed E-state index contributed by atoms with van der Waals surface area (Å²) in [5, 5.41) is 7.15. The second-order valence-corrected chi connectivity index (χ2v) is 2.61. The van der Waals surface area contributed by atoms with Gasteiger partial charge in [-0.2, -0.15) is 0 Å². The van der Waals surface area contributed by atoms with Crippen LogP contribution in [0.2, 0.25) is 0 Å². The summed E-state index contributed by atoms with van der Waals surface area (Å²) in [6, 6.07) is 0.0833. The van der Waals surface area contributed by atoms with E-state index in [2.05, 4.69) is 11.8 Å². The molecule has 10 heavy (non-hydrogen) atoms. The second-order valence-electron chi connectivity index (χ2n) is 2.61. The molecule has 0 heterocycles. The first-order valence-corrected chi connectivity index (χ1v) is 3.63. The molecular weight excluding hydrogens is 126 g/mol. The number of rotatable bonds is 4. The molecule has 3 heteroatoms. The van der Waals surface area contributed by atoms with Crippen molar-refractivity contribution in [1.29, 1.82) is 5.41 Å². The smallest absolute Gasteiger partial charge is 0.108 e. The third-order valence-electron chi connectivity index (χ3n) is 1.69. The van der Waals surface area contributed by atoms with Crippen LogP contribution in [0.5, 0.6) is 0 Å². The second kappa shape index (κ2) is 4.28. The van der Waals surface area contributed by atoms with Gasteiger partial charge < -0.3 is 5.73 Å². The zero-order chi connectivity index (χ0) is 8.15. The van der Waals surface area contributed by atoms with Gasteiger partial charge in [-0.3, -0.25) is 10.3 Å². The van der Waals surface area contributed by atoms with Crippen LogP contribution in [0.1, 0.15) is 20.3 Å². The third kappa shape index (κ3) is 2.82. The highest BCUT2D eigenvalue weighted by Crippen LogP contribution is 1.94. The van der Waals surface area contributed by atoms with E-state index in [4.69, 9.17) is 11.1 Å². The van der Waals surface area contributed by atoms with Crippen molar-refractivity contribution in [3.05, 3.63) is 0 Å². The molecule has 0 amide bonds. The Morgan fingerprint density at radius 1 is 1.70 bits per heavy atom. The maximum absolute atomic E-state index is 7.15. The zero-order valence-electron chi connectivity index (χ0n) is 7.02. The lowest BCUT2D eigenvalue weighted by Gasteiger charge is -2.22. The minimum atomic E-state index is 0.0833. The summed E-state index contributed by atoms with van der Waals surface area (Å²) < 4.78 is 0. The van der Waals surface area contributed by atoms with E-state index in [1.54, 1.807) is 0 Å². The number of hydrogen-bond donors (Lipinski definition) is 2. The van der Waals surface area contributed by atoms with Crippen LogP contribution < -0.4 is 5.73 Å². The van der Waals surface area contributed by atoms with Gasteiger partial charge >= 0.3 is 0 Å². The van der Waals surface area contributed by atoms with Crippen LogP contribution in [0.4, 0.5) is 0 Å². The van der Waals surface area contributed by atoms with Crippen LogP contribution in [0.15, 0.2) is 0 Å². The van der Waals surface area contributed by atoms with Crippen molar-refractivity contribution in [3.8, 4) is 0 Å². The number of amidine groups is 1. The van der Waals surface area contributed by atoms with Crippen molar-refractivity contribution in [2.75, 3.05) is 13.6 Å². The molecule has 0 aliphatic rings. The number of nitrogens with one attached hydrogen (secondary N) is 1. The number of likely N-dealkylation sites (N-methyl/N-ethyl adjacent to an activating group) is 1. The number of nitrogens with two attached hydrogens (primary N) is 1. The van der Waals surface area contributed by atoms with E-state index in [0.717, 1.165) is 13.0 Å². The lowest BCUT2D eigenvalue weighted by Crippen LogP contribution is -2.40. The molecule has 3 nitrogen and oxygen atoms in total. The SMILES string of the molecule is CCCN(C)C(C)C(=N)N. The lowest BCUT2D eigenvalue weighted by molar-refractivity contribution is 0.310. The fraction of sp³-hybridized carbons (Fsp3) is 0.857. The van der Waals surface area contributed by atoms with E-state index in [1.807, 2.05) is 14.0 Å². The van der Waals surface area contributed by atoms with Crippen molar-refractivity contribution in [3.63, 3.8) is 0 Å². The molecule has 0 aromatic rings. The summed E-state index contributed by atoms with van der Waals surface area (Å²) in [5.74, 6) is 0.246. The topological polar surface area (TPSA) is 53.1 Å². The molecular formula is C7H17N3. The highest BCUT2D eigenvalue weighted by molar-refractivity contribution is 5.82. The van der Waals surface area contributed by atoms with Crippen molar-refractivity contribution in [2.45, 2.75) is 26.3 Å². The lowest BCUT2D eigenvalue weighted by atomic mass is 10.2. The average Bonchev–Trinajstić information content (AvgIpc) is 1.87. The van der Waals surface area contributed by atoms with Crippen LogP contribution in [-0.4, -0.2) is 30.4 Å². The Labute approximate surface area is 62.7 Å². The molecule has 0 saturated heterocycles. The normalized spacial score (nSPS) is 13.6. The van der Waals surface area contributed by atoms with Crippen molar-refractivity contribution >= 4 is 5.84 Å². The molecule has 0 aromatic carbocycles. The highest BCUT2D eigenvalue weighted by Gasteiger charge is 2.09. The molecule has 1 unspecified atom stereocenters. The van der Waals surface area contributed by atoms with E-state index in [-0.39, 0.29) is 11.9 Å². The Bertz CT molecular complexity index is 111. The van der Waals surface area contributed by atoms with Gasteiger partial charge in [0, 0.05) is 0 Å². The minimum Gasteiger partial charge on any atom is -0.386 e. The quantitative estimate of drug-likeness (QED) is 0.448.